The molecule has 2 aromatic rings. The fourth-order valence-corrected chi connectivity index (χ4v) is 4.53. The van der Waals surface area contributed by atoms with Gasteiger partial charge in [-0.05, 0) is 63.4 Å². The molecule has 2 aliphatic rings. The summed E-state index contributed by atoms with van der Waals surface area (Å²) >= 11 is 2.45. The van der Waals surface area contributed by atoms with Crippen LogP contribution in [0, 0.1) is 0 Å². The van der Waals surface area contributed by atoms with Gasteiger partial charge >= 0.3 is 0 Å². The summed E-state index contributed by atoms with van der Waals surface area (Å²) in [4.78, 5) is 0. The van der Waals surface area contributed by atoms with Crippen molar-refractivity contribution >= 4 is 22.6 Å². The van der Waals surface area contributed by atoms with E-state index >= 15 is 0 Å². The van der Waals surface area contributed by atoms with Gasteiger partial charge in [0.25, 0.3) is 0 Å². The van der Waals surface area contributed by atoms with E-state index in [0.717, 1.165) is 6.42 Å². The first-order valence-corrected chi connectivity index (χ1v) is 8.93. The van der Waals surface area contributed by atoms with Gasteiger partial charge in [-0.25, -0.2) is 0 Å². The van der Waals surface area contributed by atoms with Crippen LogP contribution in [0.2, 0.25) is 0 Å². The SMILES string of the molecule is CC1(C)C2=CC(I)=CC[C@@H]2c2ccc(-c3ccccc3)cc21. The Morgan fingerprint density at radius 2 is 1.77 bits per heavy atom. The summed E-state index contributed by atoms with van der Waals surface area (Å²) in [5, 5.41) is 0. The predicted octanol–water partition coefficient (Wildman–Crippen LogP) is 6.38. The van der Waals surface area contributed by atoms with Crippen molar-refractivity contribution in [1.82, 2.24) is 0 Å². The molecule has 0 aromatic heterocycles. The fraction of sp³-hybridized carbons (Fsp3) is 0.238. The van der Waals surface area contributed by atoms with Gasteiger partial charge in [-0.1, -0.05) is 68.0 Å². The van der Waals surface area contributed by atoms with Crippen LogP contribution in [-0.2, 0) is 5.41 Å². The van der Waals surface area contributed by atoms with Crippen LogP contribution in [0.4, 0.5) is 0 Å². The zero-order chi connectivity index (χ0) is 15.3. The maximum atomic E-state index is 2.45. The predicted molar refractivity (Wildman–Crippen MR) is 102 cm³/mol. The van der Waals surface area contributed by atoms with Crippen LogP contribution in [-0.4, -0.2) is 0 Å². The largest absolute Gasteiger partial charge is 0.0702 e. The lowest BCUT2D eigenvalue weighted by Gasteiger charge is -2.26. The summed E-state index contributed by atoms with van der Waals surface area (Å²) < 4.78 is 1.38. The van der Waals surface area contributed by atoms with E-state index in [9.17, 15) is 0 Å². The summed E-state index contributed by atoms with van der Waals surface area (Å²) in [6, 6.07) is 17.8. The Kier molecular flexibility index (Phi) is 3.30. The third-order valence-corrected chi connectivity index (χ3v) is 5.90. The number of hydrogen-bond acceptors (Lipinski definition) is 0. The molecule has 1 heteroatoms. The van der Waals surface area contributed by atoms with Crippen LogP contribution >= 0.6 is 22.6 Å². The second-order valence-electron chi connectivity index (χ2n) is 6.77. The minimum Gasteiger partial charge on any atom is -0.0702 e. The van der Waals surface area contributed by atoms with Crippen LogP contribution in [0.25, 0.3) is 11.1 Å². The van der Waals surface area contributed by atoms with Gasteiger partial charge in [0.1, 0.15) is 0 Å². The molecule has 22 heavy (non-hydrogen) atoms. The average molecular weight is 398 g/mol. The van der Waals surface area contributed by atoms with Gasteiger partial charge in [-0.15, -0.1) is 0 Å². The van der Waals surface area contributed by atoms with Crippen LogP contribution < -0.4 is 0 Å². The number of allylic oxidation sites excluding steroid dienone is 4. The Balaban J connectivity index is 1.87. The molecule has 2 aromatic carbocycles. The smallest absolute Gasteiger partial charge is 0.0118 e. The molecule has 0 fully saturated rings. The highest BCUT2D eigenvalue weighted by atomic mass is 127. The molecule has 2 aliphatic carbocycles. The maximum absolute atomic E-state index is 2.45. The van der Waals surface area contributed by atoms with Crippen molar-refractivity contribution in [3.8, 4) is 11.1 Å². The Morgan fingerprint density at radius 3 is 2.55 bits per heavy atom. The molecule has 0 saturated heterocycles. The van der Waals surface area contributed by atoms with Crippen LogP contribution in [0.1, 0.15) is 37.3 Å². The monoisotopic (exact) mass is 398 g/mol. The van der Waals surface area contributed by atoms with E-state index in [1.807, 2.05) is 0 Å². The Bertz CT molecular complexity index is 794. The second-order valence-corrected chi connectivity index (χ2v) is 8.02. The van der Waals surface area contributed by atoms with Gasteiger partial charge in [-0.3, -0.25) is 0 Å². The lowest BCUT2D eigenvalue weighted by Crippen LogP contribution is -2.17. The van der Waals surface area contributed by atoms with Gasteiger partial charge in [0.2, 0.25) is 0 Å². The van der Waals surface area contributed by atoms with E-state index in [1.165, 1.54) is 25.8 Å². The minimum absolute atomic E-state index is 0.134. The number of hydrogen-bond donors (Lipinski definition) is 0. The molecule has 0 unspecified atom stereocenters. The quantitative estimate of drug-likeness (QED) is 0.489. The van der Waals surface area contributed by atoms with Crippen LogP contribution in [0.15, 0.2) is 69.8 Å². The zero-order valence-electron chi connectivity index (χ0n) is 12.9. The molecule has 0 heterocycles. The molecule has 0 spiro atoms. The van der Waals surface area contributed by atoms with E-state index in [0.29, 0.717) is 5.92 Å². The zero-order valence-corrected chi connectivity index (χ0v) is 15.1. The molecule has 4 rings (SSSR count). The lowest BCUT2D eigenvalue weighted by atomic mass is 9.79. The summed E-state index contributed by atoms with van der Waals surface area (Å²) in [5.41, 5.74) is 7.38. The van der Waals surface area contributed by atoms with Crippen molar-refractivity contribution in [3.63, 3.8) is 0 Å². The molecule has 0 radical (unpaired) electrons. The number of rotatable bonds is 1. The average Bonchev–Trinajstić information content (AvgIpc) is 2.76. The first kappa shape index (κ1) is 14.3. The molecular weight excluding hydrogens is 379 g/mol. The molecule has 0 nitrogen and oxygen atoms in total. The summed E-state index contributed by atoms with van der Waals surface area (Å²) in [5.74, 6) is 0.577. The second kappa shape index (κ2) is 5.09. The first-order valence-electron chi connectivity index (χ1n) is 7.85. The van der Waals surface area contributed by atoms with Gasteiger partial charge in [-0.2, -0.15) is 0 Å². The van der Waals surface area contributed by atoms with Crippen molar-refractivity contribution in [1.29, 1.82) is 0 Å². The number of halogens is 1. The first-order chi connectivity index (χ1) is 10.6. The Hall–Kier alpha value is -1.35. The van der Waals surface area contributed by atoms with Gasteiger partial charge < -0.3 is 0 Å². The van der Waals surface area contributed by atoms with Crippen molar-refractivity contribution in [2.24, 2.45) is 0 Å². The van der Waals surface area contributed by atoms with Gasteiger partial charge in [0.05, 0.1) is 0 Å². The van der Waals surface area contributed by atoms with Crippen molar-refractivity contribution in [3.05, 3.63) is 81.0 Å². The number of benzene rings is 2. The van der Waals surface area contributed by atoms with Crippen molar-refractivity contribution in [2.75, 3.05) is 0 Å². The van der Waals surface area contributed by atoms with Crippen LogP contribution in [0.3, 0.4) is 0 Å². The third-order valence-electron chi connectivity index (χ3n) is 5.15. The van der Waals surface area contributed by atoms with Gasteiger partial charge in [0, 0.05) is 14.9 Å². The van der Waals surface area contributed by atoms with Crippen LogP contribution in [0.5, 0.6) is 0 Å². The van der Waals surface area contributed by atoms with E-state index < -0.39 is 0 Å². The molecule has 0 N–H and O–H groups in total. The minimum atomic E-state index is 0.134. The van der Waals surface area contributed by atoms with E-state index in [2.05, 4.69) is 97.1 Å². The topological polar surface area (TPSA) is 0 Å². The highest BCUT2D eigenvalue weighted by molar-refractivity contribution is 14.1. The lowest BCUT2D eigenvalue weighted by molar-refractivity contribution is 0.612. The summed E-state index contributed by atoms with van der Waals surface area (Å²) in [6.07, 6.45) is 5.91. The Labute approximate surface area is 146 Å². The molecule has 0 saturated carbocycles. The van der Waals surface area contributed by atoms with E-state index in [4.69, 9.17) is 0 Å². The molecule has 0 amide bonds. The fourth-order valence-electron chi connectivity index (χ4n) is 3.94. The maximum Gasteiger partial charge on any atom is 0.0118 e. The molecule has 1 atom stereocenters. The molecule has 110 valence electrons. The van der Waals surface area contributed by atoms with Crippen molar-refractivity contribution < 1.29 is 0 Å². The summed E-state index contributed by atoms with van der Waals surface area (Å²) in [7, 11) is 0. The standard InChI is InChI=1S/C21H19I/c1-21(2)19-12-15(14-6-4-3-5-7-14)8-10-17(19)18-11-9-16(22)13-20(18)21/h3-10,12-13,18H,11H2,1-2H3/t18-/m1/s1. The van der Waals surface area contributed by atoms with Gasteiger partial charge in [0.15, 0.2) is 0 Å². The number of fused-ring (bicyclic) bond motifs is 3. The molecule has 0 aliphatic heterocycles. The van der Waals surface area contributed by atoms with Crippen molar-refractivity contribution in [2.45, 2.75) is 31.6 Å². The Morgan fingerprint density at radius 1 is 1.00 bits per heavy atom. The molecule has 0 bridgehead atoms. The summed E-state index contributed by atoms with van der Waals surface area (Å²) in [6.45, 7) is 4.75. The normalized spacial score (nSPS) is 21.7. The van der Waals surface area contributed by atoms with E-state index in [1.54, 1.807) is 5.57 Å². The molecular formula is C21H19I. The third kappa shape index (κ3) is 2.10. The van der Waals surface area contributed by atoms with E-state index in [-0.39, 0.29) is 5.41 Å². The highest BCUT2D eigenvalue weighted by Gasteiger charge is 2.42. The highest BCUT2D eigenvalue weighted by Crippen LogP contribution is 2.54.